The second kappa shape index (κ2) is 2.06. The van der Waals surface area contributed by atoms with Crippen LogP contribution in [-0.2, 0) is 4.74 Å². The first-order valence-corrected chi connectivity index (χ1v) is 5.10. The molecule has 0 radical (unpaired) electrons. The molecular weight excluding hydrogens is 246 g/mol. The fourth-order valence-corrected chi connectivity index (χ4v) is 2.76. The van der Waals surface area contributed by atoms with Crippen LogP contribution >= 0.6 is 22.6 Å². The molecule has 1 aliphatic carbocycles. The van der Waals surface area contributed by atoms with Crippen molar-refractivity contribution in [1.29, 1.82) is 0 Å². The summed E-state index contributed by atoms with van der Waals surface area (Å²) < 4.78 is 19.7. The van der Waals surface area contributed by atoms with Gasteiger partial charge in [-0.15, -0.1) is 0 Å². The van der Waals surface area contributed by atoms with Gasteiger partial charge in [0, 0.05) is 10.8 Å². The van der Waals surface area contributed by atoms with Crippen LogP contribution in [0.25, 0.3) is 0 Å². The standard InChI is InChI=1S/C7H10FIO/c8-6-1-2-7(3-6,4-9)10-5-6/h1-5H2. The molecule has 1 aliphatic heterocycles. The summed E-state index contributed by atoms with van der Waals surface area (Å²) in [6.45, 7) is 0.343. The van der Waals surface area contributed by atoms with Crippen LogP contribution in [0.5, 0.6) is 0 Å². The van der Waals surface area contributed by atoms with Crippen LogP contribution < -0.4 is 0 Å². The summed E-state index contributed by atoms with van der Waals surface area (Å²) >= 11 is 2.28. The summed E-state index contributed by atoms with van der Waals surface area (Å²) in [6, 6.07) is 0. The average molecular weight is 256 g/mol. The molecule has 10 heavy (non-hydrogen) atoms. The fourth-order valence-electron chi connectivity index (χ4n) is 1.89. The molecular formula is C7H10FIO. The molecule has 1 saturated heterocycles. The number of hydrogen-bond acceptors (Lipinski definition) is 1. The van der Waals surface area contributed by atoms with E-state index in [0.717, 1.165) is 17.3 Å². The van der Waals surface area contributed by atoms with Gasteiger partial charge in [-0.05, 0) is 12.8 Å². The lowest BCUT2D eigenvalue weighted by atomic mass is 10.1. The van der Waals surface area contributed by atoms with Crippen LogP contribution in [0.1, 0.15) is 19.3 Å². The van der Waals surface area contributed by atoms with Crippen molar-refractivity contribution in [2.45, 2.75) is 30.5 Å². The number of fused-ring (bicyclic) bond motifs is 2. The minimum Gasteiger partial charge on any atom is -0.371 e. The van der Waals surface area contributed by atoms with Gasteiger partial charge in [0.05, 0.1) is 12.2 Å². The lowest BCUT2D eigenvalue weighted by Crippen LogP contribution is -2.28. The van der Waals surface area contributed by atoms with Crippen LogP contribution in [0.15, 0.2) is 0 Å². The van der Waals surface area contributed by atoms with Gasteiger partial charge in [-0.3, -0.25) is 0 Å². The Kier molecular flexibility index (Phi) is 1.50. The van der Waals surface area contributed by atoms with Gasteiger partial charge in [-0.25, -0.2) is 4.39 Å². The predicted octanol–water partition coefficient (Wildman–Crippen LogP) is 2.08. The molecule has 2 unspecified atom stereocenters. The number of halogens is 2. The molecule has 0 aromatic carbocycles. The molecule has 0 N–H and O–H groups in total. The minimum atomic E-state index is -0.953. The van der Waals surface area contributed by atoms with Crippen LogP contribution in [0.2, 0.25) is 0 Å². The number of hydrogen-bond donors (Lipinski definition) is 0. The smallest absolute Gasteiger partial charge is 0.137 e. The molecule has 0 aromatic rings. The summed E-state index contributed by atoms with van der Waals surface area (Å²) in [5.74, 6) is 0. The third kappa shape index (κ3) is 0.897. The summed E-state index contributed by atoms with van der Waals surface area (Å²) in [6.07, 6.45) is 2.28. The minimum absolute atomic E-state index is 0.0741. The summed E-state index contributed by atoms with van der Waals surface area (Å²) in [5.41, 5.74) is -1.03. The number of alkyl halides is 2. The Morgan fingerprint density at radius 2 is 2.30 bits per heavy atom. The van der Waals surface area contributed by atoms with Crippen molar-refractivity contribution in [2.75, 3.05) is 11.0 Å². The Balaban J connectivity index is 2.19. The third-order valence-corrected chi connectivity index (χ3v) is 3.94. The first-order chi connectivity index (χ1) is 4.68. The molecule has 2 rings (SSSR count). The van der Waals surface area contributed by atoms with E-state index in [9.17, 15) is 4.39 Å². The third-order valence-electron chi connectivity index (χ3n) is 2.55. The van der Waals surface area contributed by atoms with Gasteiger partial charge < -0.3 is 4.74 Å². The van der Waals surface area contributed by atoms with Gasteiger partial charge in [0.1, 0.15) is 5.67 Å². The van der Waals surface area contributed by atoms with Gasteiger partial charge in [0.25, 0.3) is 0 Å². The molecule has 1 heterocycles. The topological polar surface area (TPSA) is 9.23 Å². The van der Waals surface area contributed by atoms with Crippen molar-refractivity contribution >= 4 is 22.6 Å². The van der Waals surface area contributed by atoms with Crippen LogP contribution in [0.3, 0.4) is 0 Å². The Bertz CT molecular complexity index is 152. The zero-order valence-electron chi connectivity index (χ0n) is 5.70. The van der Waals surface area contributed by atoms with Crippen molar-refractivity contribution < 1.29 is 9.13 Å². The van der Waals surface area contributed by atoms with Crippen molar-refractivity contribution in [3.63, 3.8) is 0 Å². The normalized spacial score (nSPS) is 52.2. The highest BCUT2D eigenvalue weighted by atomic mass is 127. The molecule has 3 heteroatoms. The van der Waals surface area contributed by atoms with E-state index in [4.69, 9.17) is 4.74 Å². The summed E-state index contributed by atoms with van der Waals surface area (Å²) in [7, 11) is 0. The molecule has 1 saturated carbocycles. The number of ether oxygens (including phenoxy) is 1. The first-order valence-electron chi connectivity index (χ1n) is 3.57. The quantitative estimate of drug-likeness (QED) is 0.515. The van der Waals surface area contributed by atoms with E-state index in [-0.39, 0.29) is 5.60 Å². The monoisotopic (exact) mass is 256 g/mol. The van der Waals surface area contributed by atoms with E-state index < -0.39 is 5.67 Å². The highest BCUT2D eigenvalue weighted by molar-refractivity contribution is 14.1. The first kappa shape index (κ1) is 7.28. The second-order valence-electron chi connectivity index (χ2n) is 3.43. The largest absolute Gasteiger partial charge is 0.371 e. The van der Waals surface area contributed by atoms with E-state index >= 15 is 0 Å². The predicted molar refractivity (Wildman–Crippen MR) is 45.3 cm³/mol. The van der Waals surface area contributed by atoms with E-state index in [2.05, 4.69) is 22.6 Å². The molecule has 2 fully saturated rings. The van der Waals surface area contributed by atoms with E-state index in [0.29, 0.717) is 13.0 Å². The molecule has 1 nitrogen and oxygen atoms in total. The molecule has 2 bridgehead atoms. The highest BCUT2D eigenvalue weighted by Crippen LogP contribution is 2.50. The van der Waals surface area contributed by atoms with E-state index in [1.54, 1.807) is 0 Å². The van der Waals surface area contributed by atoms with Gasteiger partial charge in [0.2, 0.25) is 0 Å². The highest BCUT2D eigenvalue weighted by Gasteiger charge is 2.55. The van der Waals surface area contributed by atoms with Crippen molar-refractivity contribution in [1.82, 2.24) is 0 Å². The molecule has 2 aliphatic rings. The maximum Gasteiger partial charge on any atom is 0.137 e. The van der Waals surface area contributed by atoms with Crippen molar-refractivity contribution in [2.24, 2.45) is 0 Å². The van der Waals surface area contributed by atoms with E-state index in [1.165, 1.54) is 0 Å². The molecule has 0 spiro atoms. The lowest BCUT2D eigenvalue weighted by Gasteiger charge is -2.23. The Morgan fingerprint density at radius 1 is 1.50 bits per heavy atom. The zero-order valence-corrected chi connectivity index (χ0v) is 7.86. The lowest BCUT2D eigenvalue weighted by molar-refractivity contribution is -0.0177. The van der Waals surface area contributed by atoms with Crippen molar-refractivity contribution in [3.8, 4) is 0 Å². The maximum atomic E-state index is 13.4. The number of rotatable bonds is 1. The molecule has 0 aromatic heterocycles. The van der Waals surface area contributed by atoms with Gasteiger partial charge in [0.15, 0.2) is 0 Å². The average Bonchev–Trinajstić information content (AvgIpc) is 2.42. The van der Waals surface area contributed by atoms with E-state index in [1.807, 2.05) is 0 Å². The van der Waals surface area contributed by atoms with Crippen LogP contribution in [0, 0.1) is 0 Å². The maximum absolute atomic E-state index is 13.4. The van der Waals surface area contributed by atoms with Gasteiger partial charge in [-0.1, -0.05) is 22.6 Å². The van der Waals surface area contributed by atoms with Gasteiger partial charge >= 0.3 is 0 Å². The SMILES string of the molecule is FC12CCC(CI)(C1)OC2. The molecule has 2 atom stereocenters. The Labute approximate surface area is 73.5 Å². The van der Waals surface area contributed by atoms with Crippen LogP contribution in [0.4, 0.5) is 4.39 Å². The van der Waals surface area contributed by atoms with Gasteiger partial charge in [-0.2, -0.15) is 0 Å². The Morgan fingerprint density at radius 3 is 2.50 bits per heavy atom. The van der Waals surface area contributed by atoms with Crippen LogP contribution in [-0.4, -0.2) is 22.3 Å². The Hall–Kier alpha value is 0.620. The summed E-state index contributed by atoms with van der Waals surface area (Å²) in [4.78, 5) is 0. The summed E-state index contributed by atoms with van der Waals surface area (Å²) in [5, 5.41) is 0. The molecule has 0 amide bonds. The molecule has 58 valence electrons. The zero-order chi connectivity index (χ0) is 7.24. The second-order valence-corrected chi connectivity index (χ2v) is 4.20. The fraction of sp³-hybridized carbons (Fsp3) is 1.00. The van der Waals surface area contributed by atoms with Crippen molar-refractivity contribution in [3.05, 3.63) is 0 Å².